The number of ether oxygens (including phenoxy) is 1. The second kappa shape index (κ2) is 12.6. The van der Waals surface area contributed by atoms with Crippen molar-refractivity contribution >= 4 is 17.6 Å². The van der Waals surface area contributed by atoms with Gasteiger partial charge in [0.2, 0.25) is 5.91 Å². The molecule has 0 bridgehead atoms. The molecule has 34 heavy (non-hydrogen) atoms. The van der Waals surface area contributed by atoms with Gasteiger partial charge in [0, 0.05) is 44.9 Å². The van der Waals surface area contributed by atoms with Gasteiger partial charge < -0.3 is 28.8 Å². The van der Waals surface area contributed by atoms with Crippen LogP contribution < -0.4 is 5.32 Å². The summed E-state index contributed by atoms with van der Waals surface area (Å²) < 4.78 is 12.6. The van der Waals surface area contributed by atoms with Crippen LogP contribution in [0.2, 0.25) is 0 Å². The van der Waals surface area contributed by atoms with Crippen LogP contribution in [0.25, 0.3) is 0 Å². The highest BCUT2D eigenvalue weighted by atomic mass is 16.5. The molecule has 0 aliphatic heterocycles. The van der Waals surface area contributed by atoms with Crippen LogP contribution in [-0.2, 0) is 36.1 Å². The van der Waals surface area contributed by atoms with E-state index in [4.69, 9.17) is 9.15 Å². The van der Waals surface area contributed by atoms with E-state index in [-0.39, 0.29) is 18.5 Å². The second-order valence-corrected chi connectivity index (χ2v) is 8.19. The maximum atomic E-state index is 13.4. The highest BCUT2D eigenvalue weighted by Crippen LogP contribution is 2.14. The largest absolute Gasteiger partial charge is 0.467 e. The van der Waals surface area contributed by atoms with E-state index in [9.17, 15) is 9.59 Å². The number of rotatable bonds is 12. The fourth-order valence-corrected chi connectivity index (χ4v) is 3.67. The average Bonchev–Trinajstić information content (AvgIpc) is 3.50. The Morgan fingerprint density at radius 3 is 2.62 bits per heavy atom. The summed E-state index contributed by atoms with van der Waals surface area (Å²) in [6.07, 6.45) is 5.04. The molecule has 0 saturated heterocycles. The summed E-state index contributed by atoms with van der Waals surface area (Å²) >= 11 is 0. The molecule has 0 spiro atoms. The van der Waals surface area contributed by atoms with Gasteiger partial charge in [0.1, 0.15) is 12.3 Å². The Balaban J connectivity index is 1.74. The first-order valence-corrected chi connectivity index (χ1v) is 11.5. The molecule has 3 amide bonds. The van der Waals surface area contributed by atoms with E-state index in [0.29, 0.717) is 44.1 Å². The quantitative estimate of drug-likeness (QED) is 0.404. The average molecular weight is 467 g/mol. The number of anilines is 1. The van der Waals surface area contributed by atoms with Crippen molar-refractivity contribution in [3.63, 3.8) is 0 Å². The molecule has 2 heterocycles. The van der Waals surface area contributed by atoms with Crippen molar-refractivity contribution in [1.82, 2.24) is 14.4 Å². The van der Waals surface area contributed by atoms with Gasteiger partial charge in [0.25, 0.3) is 0 Å². The van der Waals surface area contributed by atoms with Gasteiger partial charge in [-0.25, -0.2) is 4.79 Å². The Bertz CT molecular complexity index is 1040. The first-order valence-electron chi connectivity index (χ1n) is 11.5. The standard InChI is InChI=1S/C26H34N4O4/c1-4-21-9-5-10-22(17-21)27-26(32)29(14-8-15-33-3)20-25(31)30(19-24-12-7-16-34-24)18-23-11-6-13-28(23)2/h5-7,9-13,16-17H,4,8,14-15,18-20H2,1-3H3,(H,27,32). The molecular formula is C26H34N4O4. The Morgan fingerprint density at radius 2 is 1.94 bits per heavy atom. The van der Waals surface area contributed by atoms with Crippen molar-refractivity contribution in [3.8, 4) is 0 Å². The number of furan rings is 1. The minimum Gasteiger partial charge on any atom is -0.467 e. The van der Waals surface area contributed by atoms with Crippen LogP contribution in [0.1, 0.15) is 30.4 Å². The van der Waals surface area contributed by atoms with Crippen LogP contribution in [0.5, 0.6) is 0 Å². The van der Waals surface area contributed by atoms with Gasteiger partial charge in [-0.2, -0.15) is 0 Å². The molecule has 0 fully saturated rings. The van der Waals surface area contributed by atoms with Crippen LogP contribution >= 0.6 is 0 Å². The number of nitrogens with one attached hydrogen (secondary N) is 1. The highest BCUT2D eigenvalue weighted by Gasteiger charge is 2.23. The summed E-state index contributed by atoms with van der Waals surface area (Å²) in [5.41, 5.74) is 2.84. The van der Waals surface area contributed by atoms with E-state index < -0.39 is 0 Å². The fraction of sp³-hybridized carbons (Fsp3) is 0.385. The zero-order chi connectivity index (χ0) is 24.3. The maximum absolute atomic E-state index is 13.4. The molecule has 0 atom stereocenters. The molecule has 0 radical (unpaired) electrons. The summed E-state index contributed by atoms with van der Waals surface area (Å²) in [6, 6.07) is 15.0. The Labute approximate surface area is 201 Å². The molecule has 8 heteroatoms. The van der Waals surface area contributed by atoms with Crippen molar-refractivity contribution in [2.75, 3.05) is 32.1 Å². The third-order valence-corrected chi connectivity index (χ3v) is 5.66. The van der Waals surface area contributed by atoms with Crippen molar-refractivity contribution in [2.24, 2.45) is 7.05 Å². The van der Waals surface area contributed by atoms with E-state index in [1.54, 1.807) is 29.2 Å². The summed E-state index contributed by atoms with van der Waals surface area (Å²) in [5, 5.41) is 2.94. The van der Waals surface area contributed by atoms with Crippen molar-refractivity contribution in [3.05, 3.63) is 78.0 Å². The van der Waals surface area contributed by atoms with Gasteiger partial charge in [-0.1, -0.05) is 19.1 Å². The third kappa shape index (κ3) is 7.25. The first-order chi connectivity index (χ1) is 16.5. The number of methoxy groups -OCH3 is 1. The van der Waals surface area contributed by atoms with E-state index in [1.807, 2.05) is 60.3 Å². The molecule has 3 aromatic rings. The van der Waals surface area contributed by atoms with E-state index >= 15 is 0 Å². The molecule has 0 aliphatic rings. The van der Waals surface area contributed by atoms with E-state index in [0.717, 1.165) is 17.7 Å². The predicted molar refractivity (Wildman–Crippen MR) is 131 cm³/mol. The minimum absolute atomic E-state index is 0.0475. The molecule has 2 aromatic heterocycles. The lowest BCUT2D eigenvalue weighted by Gasteiger charge is -2.27. The molecule has 0 aliphatic carbocycles. The number of amides is 3. The normalized spacial score (nSPS) is 10.8. The van der Waals surface area contributed by atoms with Gasteiger partial charge in [0.05, 0.1) is 19.4 Å². The molecule has 3 rings (SSSR count). The predicted octanol–water partition coefficient (Wildman–Crippen LogP) is 4.28. The molecule has 0 unspecified atom stereocenters. The lowest BCUT2D eigenvalue weighted by atomic mass is 10.1. The van der Waals surface area contributed by atoms with Crippen molar-refractivity contribution < 1.29 is 18.7 Å². The van der Waals surface area contributed by atoms with Gasteiger partial charge in [-0.3, -0.25) is 4.79 Å². The summed E-state index contributed by atoms with van der Waals surface area (Å²) in [4.78, 5) is 29.8. The molecular weight excluding hydrogens is 432 g/mol. The molecule has 182 valence electrons. The summed E-state index contributed by atoms with van der Waals surface area (Å²) in [5.74, 6) is 0.529. The number of carbonyl (C=O) groups excluding carboxylic acids is 2. The van der Waals surface area contributed by atoms with Gasteiger partial charge in [-0.15, -0.1) is 0 Å². The number of hydrogen-bond donors (Lipinski definition) is 1. The van der Waals surface area contributed by atoms with E-state index in [2.05, 4.69) is 12.2 Å². The maximum Gasteiger partial charge on any atom is 0.322 e. The smallest absolute Gasteiger partial charge is 0.322 e. The second-order valence-electron chi connectivity index (χ2n) is 8.19. The lowest BCUT2D eigenvalue weighted by molar-refractivity contribution is -0.133. The summed E-state index contributed by atoms with van der Waals surface area (Å²) in [6.45, 7) is 3.66. The molecule has 0 saturated carbocycles. The summed E-state index contributed by atoms with van der Waals surface area (Å²) in [7, 11) is 3.57. The van der Waals surface area contributed by atoms with Crippen molar-refractivity contribution in [2.45, 2.75) is 32.9 Å². The number of hydrogen-bond acceptors (Lipinski definition) is 4. The molecule has 8 nitrogen and oxygen atoms in total. The van der Waals surface area contributed by atoms with Crippen LogP contribution in [-0.4, -0.2) is 53.1 Å². The van der Waals surface area contributed by atoms with Crippen LogP contribution in [0, 0.1) is 0 Å². The number of urea groups is 1. The van der Waals surface area contributed by atoms with E-state index in [1.165, 1.54) is 0 Å². The monoisotopic (exact) mass is 466 g/mol. The number of nitrogens with zero attached hydrogens (tertiary/aromatic N) is 3. The van der Waals surface area contributed by atoms with Crippen LogP contribution in [0.3, 0.4) is 0 Å². The topological polar surface area (TPSA) is 80.0 Å². The van der Waals surface area contributed by atoms with Gasteiger partial charge in [0.15, 0.2) is 0 Å². The highest BCUT2D eigenvalue weighted by molar-refractivity contribution is 5.92. The Kier molecular flexibility index (Phi) is 9.34. The molecule has 1 N–H and O–H groups in total. The number of carbonyl (C=O) groups is 2. The lowest BCUT2D eigenvalue weighted by Crippen LogP contribution is -2.44. The SMILES string of the molecule is CCc1cccc(NC(=O)N(CCCOC)CC(=O)N(Cc2ccco2)Cc2cccn2C)c1. The van der Waals surface area contributed by atoms with Crippen molar-refractivity contribution in [1.29, 1.82) is 0 Å². The number of benzene rings is 1. The van der Waals surface area contributed by atoms with Crippen LogP contribution in [0.4, 0.5) is 10.5 Å². The number of aromatic nitrogens is 1. The number of aryl methyl sites for hydroxylation is 2. The Morgan fingerprint density at radius 1 is 1.09 bits per heavy atom. The zero-order valence-corrected chi connectivity index (χ0v) is 20.2. The third-order valence-electron chi connectivity index (χ3n) is 5.66. The fourth-order valence-electron chi connectivity index (χ4n) is 3.67. The Hall–Kier alpha value is -3.52. The van der Waals surface area contributed by atoms with Gasteiger partial charge in [-0.05, 0) is 54.8 Å². The minimum atomic E-state index is -0.311. The zero-order valence-electron chi connectivity index (χ0n) is 20.2. The first kappa shape index (κ1) is 25.1. The van der Waals surface area contributed by atoms with Crippen LogP contribution in [0.15, 0.2) is 65.4 Å². The van der Waals surface area contributed by atoms with Gasteiger partial charge >= 0.3 is 6.03 Å². The molecule has 1 aromatic carbocycles.